The summed E-state index contributed by atoms with van der Waals surface area (Å²) in [6.07, 6.45) is -0.910. The van der Waals surface area contributed by atoms with E-state index in [2.05, 4.69) is 0 Å². The van der Waals surface area contributed by atoms with Crippen molar-refractivity contribution < 1.29 is 24.5 Å². The van der Waals surface area contributed by atoms with E-state index in [0.717, 1.165) is 0 Å². The van der Waals surface area contributed by atoms with Gasteiger partial charge in [0.25, 0.3) is 0 Å². The number of carbonyl (C=O) groups is 2. The molecule has 82 valence electrons. The standard InChI is InChI=1S/C9H16O5/c1-6(10)3-4-9(13)14-7(2)5-8(11)12/h6-7,10H,3-5H2,1-2H3,(H,11,12). The molecule has 0 aliphatic heterocycles. The van der Waals surface area contributed by atoms with Gasteiger partial charge in [-0.25, -0.2) is 0 Å². The molecule has 0 aromatic carbocycles. The topological polar surface area (TPSA) is 83.8 Å². The van der Waals surface area contributed by atoms with Gasteiger partial charge < -0.3 is 14.9 Å². The Hall–Kier alpha value is -1.10. The summed E-state index contributed by atoms with van der Waals surface area (Å²) in [5, 5.41) is 17.3. The molecule has 0 aliphatic carbocycles. The highest BCUT2D eigenvalue weighted by molar-refractivity contribution is 5.71. The quantitative estimate of drug-likeness (QED) is 0.617. The van der Waals surface area contributed by atoms with Crippen LogP contribution < -0.4 is 0 Å². The summed E-state index contributed by atoms with van der Waals surface area (Å²) in [6.45, 7) is 3.10. The number of aliphatic hydroxyl groups is 1. The van der Waals surface area contributed by atoms with Crippen molar-refractivity contribution in [3.05, 3.63) is 0 Å². The Balaban J connectivity index is 3.66. The highest BCUT2D eigenvalue weighted by Gasteiger charge is 2.13. The van der Waals surface area contributed by atoms with Crippen molar-refractivity contribution in [3.8, 4) is 0 Å². The van der Waals surface area contributed by atoms with Crippen LogP contribution in [0.1, 0.15) is 33.1 Å². The highest BCUT2D eigenvalue weighted by Crippen LogP contribution is 2.03. The number of rotatable bonds is 6. The zero-order valence-electron chi connectivity index (χ0n) is 8.40. The molecule has 0 rings (SSSR count). The number of carbonyl (C=O) groups excluding carboxylic acids is 1. The van der Waals surface area contributed by atoms with Crippen LogP contribution in [0.5, 0.6) is 0 Å². The number of ether oxygens (including phenoxy) is 1. The fourth-order valence-electron chi connectivity index (χ4n) is 0.898. The van der Waals surface area contributed by atoms with Gasteiger partial charge in [-0.15, -0.1) is 0 Å². The van der Waals surface area contributed by atoms with Gasteiger partial charge in [0.15, 0.2) is 0 Å². The van der Waals surface area contributed by atoms with Crippen LogP contribution in [0.4, 0.5) is 0 Å². The fraction of sp³-hybridized carbons (Fsp3) is 0.778. The predicted octanol–water partition coefficient (Wildman–Crippen LogP) is 0.554. The van der Waals surface area contributed by atoms with Gasteiger partial charge in [-0.05, 0) is 20.3 Å². The van der Waals surface area contributed by atoms with Gasteiger partial charge in [0.05, 0.1) is 12.5 Å². The zero-order chi connectivity index (χ0) is 11.1. The molecule has 2 N–H and O–H groups in total. The van der Waals surface area contributed by atoms with E-state index in [1.165, 1.54) is 6.92 Å². The largest absolute Gasteiger partial charge is 0.481 e. The summed E-state index contributed by atoms with van der Waals surface area (Å²) in [6, 6.07) is 0. The second-order valence-electron chi connectivity index (χ2n) is 3.29. The molecule has 0 aromatic rings. The third kappa shape index (κ3) is 7.54. The third-order valence-electron chi connectivity index (χ3n) is 1.56. The molecule has 0 aromatic heterocycles. The third-order valence-corrected chi connectivity index (χ3v) is 1.56. The minimum Gasteiger partial charge on any atom is -0.481 e. The van der Waals surface area contributed by atoms with E-state index >= 15 is 0 Å². The summed E-state index contributed by atoms with van der Waals surface area (Å²) >= 11 is 0. The molecule has 5 nitrogen and oxygen atoms in total. The molecule has 0 saturated carbocycles. The molecule has 2 atom stereocenters. The van der Waals surface area contributed by atoms with E-state index in [1.807, 2.05) is 0 Å². The second kappa shape index (κ2) is 6.37. The van der Waals surface area contributed by atoms with Crippen molar-refractivity contribution in [1.29, 1.82) is 0 Å². The number of esters is 1. The molecule has 0 aliphatic rings. The van der Waals surface area contributed by atoms with Gasteiger partial charge in [-0.3, -0.25) is 9.59 Å². The minimum atomic E-state index is -0.999. The number of hydrogen-bond acceptors (Lipinski definition) is 4. The van der Waals surface area contributed by atoms with E-state index in [9.17, 15) is 9.59 Å². The summed E-state index contributed by atoms with van der Waals surface area (Å²) < 4.78 is 4.78. The van der Waals surface area contributed by atoms with E-state index in [1.54, 1.807) is 6.92 Å². The molecule has 0 fully saturated rings. The van der Waals surface area contributed by atoms with Gasteiger partial charge in [-0.2, -0.15) is 0 Å². The van der Waals surface area contributed by atoms with Crippen LogP contribution in [0.25, 0.3) is 0 Å². The number of carboxylic acid groups (broad SMARTS) is 1. The average molecular weight is 204 g/mol. The maximum atomic E-state index is 11.0. The van der Waals surface area contributed by atoms with Gasteiger partial charge in [0.1, 0.15) is 6.10 Å². The molecule has 0 heterocycles. The zero-order valence-corrected chi connectivity index (χ0v) is 8.40. The first-order valence-electron chi connectivity index (χ1n) is 4.51. The second-order valence-corrected chi connectivity index (χ2v) is 3.29. The first-order chi connectivity index (χ1) is 6.41. The summed E-state index contributed by atoms with van der Waals surface area (Å²) in [4.78, 5) is 21.2. The molecular formula is C9H16O5. The molecular weight excluding hydrogens is 188 g/mol. The van der Waals surface area contributed by atoms with Crippen LogP contribution in [0.3, 0.4) is 0 Å². The van der Waals surface area contributed by atoms with Crippen LogP contribution in [-0.4, -0.2) is 34.4 Å². The van der Waals surface area contributed by atoms with Gasteiger partial charge in [0.2, 0.25) is 0 Å². The van der Waals surface area contributed by atoms with Gasteiger partial charge in [0, 0.05) is 6.42 Å². The Labute approximate surface area is 82.7 Å². The SMILES string of the molecule is CC(O)CCC(=O)OC(C)CC(=O)O. The number of aliphatic carboxylic acids is 1. The molecule has 14 heavy (non-hydrogen) atoms. The minimum absolute atomic E-state index is 0.113. The maximum Gasteiger partial charge on any atom is 0.307 e. The normalized spacial score (nSPS) is 14.5. The summed E-state index contributed by atoms with van der Waals surface area (Å²) in [5.41, 5.74) is 0. The van der Waals surface area contributed by atoms with Crippen LogP contribution in [0.2, 0.25) is 0 Å². The average Bonchev–Trinajstić information content (AvgIpc) is 1.98. The lowest BCUT2D eigenvalue weighted by molar-refractivity contribution is -0.152. The Morgan fingerprint density at radius 3 is 2.36 bits per heavy atom. The van der Waals surface area contributed by atoms with Gasteiger partial charge >= 0.3 is 11.9 Å². The monoisotopic (exact) mass is 204 g/mol. The predicted molar refractivity (Wildman–Crippen MR) is 48.7 cm³/mol. The first kappa shape index (κ1) is 12.9. The van der Waals surface area contributed by atoms with Crippen LogP contribution in [0, 0.1) is 0 Å². The number of hydrogen-bond donors (Lipinski definition) is 2. The van der Waals surface area contributed by atoms with E-state index in [-0.39, 0.29) is 12.8 Å². The highest BCUT2D eigenvalue weighted by atomic mass is 16.5. The van der Waals surface area contributed by atoms with Crippen LogP contribution >= 0.6 is 0 Å². The van der Waals surface area contributed by atoms with Crippen molar-refractivity contribution in [3.63, 3.8) is 0 Å². The molecule has 0 amide bonds. The molecule has 0 saturated heterocycles. The molecule has 0 radical (unpaired) electrons. The lowest BCUT2D eigenvalue weighted by atomic mass is 10.2. The molecule has 2 unspecified atom stereocenters. The summed E-state index contributed by atoms with van der Waals surface area (Å²) in [5.74, 6) is -1.47. The lowest BCUT2D eigenvalue weighted by Crippen LogP contribution is -2.19. The van der Waals surface area contributed by atoms with Crippen LogP contribution in [0.15, 0.2) is 0 Å². The smallest absolute Gasteiger partial charge is 0.307 e. The fourth-order valence-corrected chi connectivity index (χ4v) is 0.898. The summed E-state index contributed by atoms with van der Waals surface area (Å²) in [7, 11) is 0. The van der Waals surface area contributed by atoms with Crippen LogP contribution in [-0.2, 0) is 14.3 Å². The number of carboxylic acids is 1. The molecule has 0 spiro atoms. The first-order valence-corrected chi connectivity index (χ1v) is 4.51. The Morgan fingerprint density at radius 1 is 1.36 bits per heavy atom. The number of aliphatic hydroxyl groups excluding tert-OH is 1. The van der Waals surface area contributed by atoms with E-state index < -0.39 is 24.1 Å². The van der Waals surface area contributed by atoms with Crippen molar-refractivity contribution in [2.24, 2.45) is 0 Å². The van der Waals surface area contributed by atoms with Crippen molar-refractivity contribution in [1.82, 2.24) is 0 Å². The van der Waals surface area contributed by atoms with Gasteiger partial charge in [-0.1, -0.05) is 0 Å². The van der Waals surface area contributed by atoms with Crippen molar-refractivity contribution in [2.75, 3.05) is 0 Å². The van der Waals surface area contributed by atoms with Crippen molar-refractivity contribution in [2.45, 2.75) is 45.3 Å². The Kier molecular flexibility index (Phi) is 5.87. The van der Waals surface area contributed by atoms with E-state index in [0.29, 0.717) is 6.42 Å². The van der Waals surface area contributed by atoms with E-state index in [4.69, 9.17) is 14.9 Å². The molecule has 5 heteroatoms. The van der Waals surface area contributed by atoms with Crippen molar-refractivity contribution >= 4 is 11.9 Å². The Morgan fingerprint density at radius 2 is 1.93 bits per heavy atom. The maximum absolute atomic E-state index is 11.0. The Bertz CT molecular complexity index is 199. The lowest BCUT2D eigenvalue weighted by Gasteiger charge is -2.11. The molecule has 0 bridgehead atoms.